The Labute approximate surface area is 147 Å². The lowest BCUT2D eigenvalue weighted by Gasteiger charge is -2.32. The smallest absolute Gasteiger partial charge is 0.117 e. The van der Waals surface area contributed by atoms with Gasteiger partial charge >= 0.3 is 0 Å². The van der Waals surface area contributed by atoms with Gasteiger partial charge in [0.2, 0.25) is 0 Å². The number of hydrogen-bond acceptors (Lipinski definition) is 0. The normalized spacial score (nSPS) is 44.2. The highest BCUT2D eigenvalue weighted by atomic mass is 19.1. The zero-order chi connectivity index (χ0) is 16.9. The molecule has 3 aliphatic carbocycles. The zero-order valence-electron chi connectivity index (χ0n) is 15.3. The molecule has 0 spiro atoms. The van der Waals surface area contributed by atoms with Gasteiger partial charge in [-0.15, -0.1) is 0 Å². The van der Waals surface area contributed by atoms with Gasteiger partial charge in [0.25, 0.3) is 0 Å². The number of alkyl halides is 2. The third kappa shape index (κ3) is 4.74. The molecule has 0 N–H and O–H groups in total. The average molecular weight is 337 g/mol. The Bertz CT molecular complexity index is 431. The van der Waals surface area contributed by atoms with Crippen LogP contribution in [0.25, 0.3) is 0 Å². The maximum absolute atomic E-state index is 13.9. The van der Waals surface area contributed by atoms with E-state index < -0.39 is 18.3 Å². The summed E-state index contributed by atoms with van der Waals surface area (Å²) in [5.74, 6) is 8.71. The zero-order valence-corrected chi connectivity index (χ0v) is 15.3. The van der Waals surface area contributed by atoms with Gasteiger partial charge in [-0.3, -0.25) is 0 Å². The Morgan fingerprint density at radius 1 is 0.625 bits per heavy atom. The van der Waals surface area contributed by atoms with E-state index >= 15 is 0 Å². The summed E-state index contributed by atoms with van der Waals surface area (Å²) in [6, 6.07) is 0. The molecule has 3 saturated carbocycles. The molecule has 0 nitrogen and oxygen atoms in total. The van der Waals surface area contributed by atoms with Gasteiger partial charge in [-0.25, -0.2) is 8.78 Å². The van der Waals surface area contributed by atoms with Crippen molar-refractivity contribution in [2.45, 2.75) is 96.3 Å². The fourth-order valence-corrected chi connectivity index (χ4v) is 5.21. The third-order valence-electron chi connectivity index (χ3n) is 6.93. The monoisotopic (exact) mass is 336 g/mol. The molecule has 0 heterocycles. The summed E-state index contributed by atoms with van der Waals surface area (Å²) in [5, 5.41) is 0. The van der Waals surface area contributed by atoms with Gasteiger partial charge in [0, 0.05) is 5.92 Å². The fourth-order valence-electron chi connectivity index (χ4n) is 5.21. The standard InChI is InChI=1S/C22H34F2/c1-16-4-2-5-18(12-8-16)19-13-9-17(10-14-19)11-15-20-21(23)6-3-7-22(20)24/h16-22H,2-10,12-14H2,1H3. The molecule has 24 heavy (non-hydrogen) atoms. The molecule has 0 radical (unpaired) electrons. The van der Waals surface area contributed by atoms with E-state index in [2.05, 4.69) is 18.8 Å². The Hall–Kier alpha value is -0.580. The molecule has 0 aromatic rings. The molecule has 3 rings (SSSR count). The first-order chi connectivity index (χ1) is 11.6. The molecule has 4 atom stereocenters. The predicted octanol–water partition coefficient (Wildman–Crippen LogP) is 6.49. The van der Waals surface area contributed by atoms with E-state index in [-0.39, 0.29) is 0 Å². The van der Waals surface area contributed by atoms with Crippen LogP contribution >= 0.6 is 0 Å². The van der Waals surface area contributed by atoms with Gasteiger partial charge in [-0.2, -0.15) is 0 Å². The summed E-state index contributed by atoms with van der Waals surface area (Å²) in [6.07, 6.45) is 11.5. The molecule has 0 bridgehead atoms. The quantitative estimate of drug-likeness (QED) is 0.379. The molecular weight excluding hydrogens is 302 g/mol. The molecule has 3 fully saturated rings. The average Bonchev–Trinajstić information content (AvgIpc) is 2.80. The predicted molar refractivity (Wildman–Crippen MR) is 96.1 cm³/mol. The van der Waals surface area contributed by atoms with Crippen molar-refractivity contribution >= 4 is 0 Å². The molecule has 0 aromatic carbocycles. The lowest BCUT2D eigenvalue weighted by Crippen LogP contribution is -2.30. The van der Waals surface area contributed by atoms with Crippen LogP contribution in [0.3, 0.4) is 0 Å². The topological polar surface area (TPSA) is 0 Å². The molecule has 0 saturated heterocycles. The summed E-state index contributed by atoms with van der Waals surface area (Å²) in [6.45, 7) is 2.40. The first-order valence-corrected chi connectivity index (χ1v) is 10.4. The van der Waals surface area contributed by atoms with Gasteiger partial charge in [-0.05, 0) is 69.1 Å². The first-order valence-electron chi connectivity index (χ1n) is 10.4. The Balaban J connectivity index is 1.48. The van der Waals surface area contributed by atoms with E-state index in [0.29, 0.717) is 25.2 Å². The van der Waals surface area contributed by atoms with E-state index in [1.807, 2.05) is 0 Å². The van der Waals surface area contributed by atoms with Gasteiger partial charge in [0.15, 0.2) is 0 Å². The summed E-state index contributed by atoms with van der Waals surface area (Å²) in [7, 11) is 0. The van der Waals surface area contributed by atoms with Crippen molar-refractivity contribution in [1.29, 1.82) is 0 Å². The number of hydrogen-bond donors (Lipinski definition) is 0. The van der Waals surface area contributed by atoms with Crippen molar-refractivity contribution in [2.24, 2.45) is 29.6 Å². The van der Waals surface area contributed by atoms with Gasteiger partial charge in [-0.1, -0.05) is 44.4 Å². The van der Waals surface area contributed by atoms with Crippen molar-refractivity contribution in [1.82, 2.24) is 0 Å². The lowest BCUT2D eigenvalue weighted by atomic mass is 9.73. The SMILES string of the molecule is CC1CCCC(C2CCC(C#CC3C(F)CCCC3F)CC2)CC1. The fraction of sp³-hybridized carbons (Fsp3) is 0.909. The minimum atomic E-state index is -1.05. The van der Waals surface area contributed by atoms with Gasteiger partial charge in [0.05, 0.1) is 5.92 Å². The molecule has 3 aliphatic rings. The van der Waals surface area contributed by atoms with Crippen LogP contribution in [-0.2, 0) is 0 Å². The second-order valence-electron chi connectivity index (χ2n) is 8.76. The molecule has 2 heteroatoms. The minimum absolute atomic E-state index is 0.382. The van der Waals surface area contributed by atoms with Crippen LogP contribution in [0.1, 0.15) is 84.0 Å². The molecule has 0 amide bonds. The summed E-state index contributed by atoms with van der Waals surface area (Å²) in [5.41, 5.74) is 0. The van der Waals surface area contributed by atoms with Gasteiger partial charge in [0.1, 0.15) is 12.3 Å². The molecule has 0 aromatic heterocycles. The minimum Gasteiger partial charge on any atom is -0.246 e. The van der Waals surface area contributed by atoms with Crippen LogP contribution in [0.5, 0.6) is 0 Å². The van der Waals surface area contributed by atoms with Crippen LogP contribution in [0.4, 0.5) is 8.78 Å². The molecular formula is C22H34F2. The van der Waals surface area contributed by atoms with E-state index in [1.165, 1.54) is 44.9 Å². The first kappa shape index (κ1) is 18.2. The van der Waals surface area contributed by atoms with Crippen molar-refractivity contribution in [3.05, 3.63) is 0 Å². The second kappa shape index (κ2) is 8.68. The highest BCUT2D eigenvalue weighted by Gasteiger charge is 2.33. The maximum Gasteiger partial charge on any atom is 0.117 e. The van der Waals surface area contributed by atoms with Crippen LogP contribution < -0.4 is 0 Å². The summed E-state index contributed by atoms with van der Waals surface area (Å²) in [4.78, 5) is 0. The van der Waals surface area contributed by atoms with E-state index in [4.69, 9.17) is 0 Å². The van der Waals surface area contributed by atoms with Crippen LogP contribution in [0.15, 0.2) is 0 Å². The largest absolute Gasteiger partial charge is 0.246 e. The van der Waals surface area contributed by atoms with E-state index in [9.17, 15) is 8.78 Å². The Morgan fingerprint density at radius 3 is 1.92 bits per heavy atom. The van der Waals surface area contributed by atoms with Crippen LogP contribution in [0, 0.1) is 41.4 Å². The molecule has 0 aliphatic heterocycles. The van der Waals surface area contributed by atoms with Crippen molar-refractivity contribution in [2.75, 3.05) is 0 Å². The van der Waals surface area contributed by atoms with Crippen LogP contribution in [0.2, 0.25) is 0 Å². The highest BCUT2D eigenvalue weighted by molar-refractivity contribution is 5.12. The Kier molecular flexibility index (Phi) is 6.59. The van der Waals surface area contributed by atoms with Crippen LogP contribution in [-0.4, -0.2) is 12.3 Å². The van der Waals surface area contributed by atoms with E-state index in [1.54, 1.807) is 0 Å². The maximum atomic E-state index is 13.9. The summed E-state index contributed by atoms with van der Waals surface area (Å²) < 4.78 is 27.8. The lowest BCUT2D eigenvalue weighted by molar-refractivity contribution is 0.112. The molecule has 4 unspecified atom stereocenters. The van der Waals surface area contributed by atoms with E-state index in [0.717, 1.165) is 30.6 Å². The second-order valence-corrected chi connectivity index (χ2v) is 8.76. The Morgan fingerprint density at radius 2 is 1.21 bits per heavy atom. The van der Waals surface area contributed by atoms with Crippen molar-refractivity contribution in [3.8, 4) is 11.8 Å². The third-order valence-corrected chi connectivity index (χ3v) is 6.93. The van der Waals surface area contributed by atoms with Crippen molar-refractivity contribution in [3.63, 3.8) is 0 Å². The number of halogens is 2. The highest BCUT2D eigenvalue weighted by Crippen LogP contribution is 2.40. The van der Waals surface area contributed by atoms with Gasteiger partial charge < -0.3 is 0 Å². The van der Waals surface area contributed by atoms with Crippen molar-refractivity contribution < 1.29 is 8.78 Å². The molecule has 136 valence electrons. The summed E-state index contributed by atoms with van der Waals surface area (Å²) >= 11 is 0. The number of rotatable bonds is 1.